The monoisotopic (exact) mass is 814 g/mol. The summed E-state index contributed by atoms with van der Waals surface area (Å²) in [6.07, 6.45) is 2.95. The molecule has 6 aromatic rings. The summed E-state index contributed by atoms with van der Waals surface area (Å²) in [7, 11) is 0. The Bertz CT molecular complexity index is 1590. The average Bonchev–Trinajstić information content (AvgIpc) is 3.66. The number of benzene rings is 4. The molecule has 0 saturated carbocycles. The van der Waals surface area contributed by atoms with Crippen LogP contribution in [0.4, 0.5) is 0 Å². The zero-order valence-corrected chi connectivity index (χ0v) is 33.4. The average molecular weight is 814 g/mol. The molecule has 0 fully saturated rings. The molecule has 0 aromatic heterocycles. The Morgan fingerprint density at radius 3 is 1.15 bits per heavy atom. The molecule has 46 heavy (non-hydrogen) atoms. The molecule has 0 saturated heterocycles. The van der Waals surface area contributed by atoms with E-state index in [1.807, 2.05) is 0 Å². The van der Waals surface area contributed by atoms with Gasteiger partial charge in [-0.25, -0.2) is 0 Å². The Kier molecular flexibility index (Phi) is 18.1. The normalized spacial score (nSPS) is 10.3. The molecule has 3 heteroatoms. The van der Waals surface area contributed by atoms with E-state index in [4.69, 9.17) is 0 Å². The molecule has 0 amide bonds. The first-order valence-corrected chi connectivity index (χ1v) is 15.9. The molecule has 0 aliphatic carbocycles. The van der Waals surface area contributed by atoms with Crippen LogP contribution in [-0.2, 0) is 38.7 Å². The third-order valence-corrected chi connectivity index (χ3v) is 8.21. The summed E-state index contributed by atoms with van der Waals surface area (Å²) in [4.78, 5) is 0. The summed E-state index contributed by atoms with van der Waals surface area (Å²) in [5.41, 5.74) is 11.0. The maximum Gasteiger partial charge on any atom is 0 e. The second-order valence-corrected chi connectivity index (χ2v) is 12.0. The van der Waals surface area contributed by atoms with E-state index in [2.05, 4.69) is 165 Å². The summed E-state index contributed by atoms with van der Waals surface area (Å²) in [6.45, 7) is 20.1. The molecule has 0 aliphatic rings. The van der Waals surface area contributed by atoms with Gasteiger partial charge in [-0.05, 0) is 46.9 Å². The van der Waals surface area contributed by atoms with Gasteiger partial charge in [0.1, 0.15) is 0 Å². The van der Waals surface area contributed by atoms with Crippen molar-refractivity contribution in [2.24, 2.45) is 0 Å². The van der Waals surface area contributed by atoms with Gasteiger partial charge in [0.05, 0.1) is 0 Å². The molecule has 244 valence electrons. The minimum Gasteiger partial charge on any atom is -1.00 e. The van der Waals surface area contributed by atoms with Crippen molar-refractivity contribution < 1.29 is 50.7 Å². The quantitative estimate of drug-likeness (QED) is 0.127. The zero-order valence-electron chi connectivity index (χ0n) is 28.3. The van der Waals surface area contributed by atoms with Gasteiger partial charge in [-0.3, -0.25) is 0 Å². The van der Waals surface area contributed by atoms with Crippen LogP contribution in [0.15, 0.2) is 109 Å². The van der Waals surface area contributed by atoms with Crippen molar-refractivity contribution >= 4 is 21.5 Å². The number of aryl methyl sites for hydroxylation is 2. The number of fused-ring (bicyclic) bond motifs is 2. The summed E-state index contributed by atoms with van der Waals surface area (Å²) in [5.74, 6) is 1.18. The Hall–Kier alpha value is -2.45. The largest absolute Gasteiger partial charge is 1.00 e. The van der Waals surface area contributed by atoms with Gasteiger partial charge >= 0.3 is 0 Å². The minimum absolute atomic E-state index is 0. The maximum absolute atomic E-state index is 3.38. The molecule has 0 nitrogen and oxygen atoms in total. The molecule has 0 aliphatic heterocycles. The van der Waals surface area contributed by atoms with Crippen molar-refractivity contribution in [3.63, 3.8) is 0 Å². The number of hydrogen-bond donors (Lipinski definition) is 0. The first-order chi connectivity index (χ1) is 20.8. The van der Waals surface area contributed by atoms with Crippen LogP contribution in [0.2, 0.25) is 0 Å². The molecule has 0 N–H and O–H groups in total. The number of rotatable bonds is 6. The van der Waals surface area contributed by atoms with Gasteiger partial charge in [-0.15, -0.1) is 69.1 Å². The fraction of sp³-hybridized carbons (Fsp3) is 0.256. The smallest absolute Gasteiger partial charge is 0 e. The summed E-state index contributed by atoms with van der Waals surface area (Å²) in [6, 6.07) is 40.5. The SMILES string of the molecule is CCc1cc2c(-c3ccc(C(C)C)cc3)cccc2[cH-]1.CCc1cc2c(-c3ccc(C(C)C)cc3)cccc2[cH-]1.[CH2-]C[CH2-].[Cl-].[Cl-].[Hf]. The van der Waals surface area contributed by atoms with E-state index in [-0.39, 0.29) is 50.7 Å². The fourth-order valence-corrected chi connectivity index (χ4v) is 5.60. The third kappa shape index (κ3) is 10.3. The minimum atomic E-state index is 0. The molecule has 0 radical (unpaired) electrons. The van der Waals surface area contributed by atoms with Crippen LogP contribution in [0.1, 0.15) is 82.1 Å². The van der Waals surface area contributed by atoms with Crippen molar-refractivity contribution in [2.45, 2.75) is 72.6 Å². The van der Waals surface area contributed by atoms with E-state index in [9.17, 15) is 0 Å². The zero-order chi connectivity index (χ0) is 30.9. The standard InChI is InChI=1S/2C20H21.C3H6.2ClH.Hf/c2*1-4-15-12-18-6-5-7-19(20(18)13-15)17-10-8-16(9-11-17)14(2)3;1-3-2;;;/h2*5-14H,4H2,1-3H3;1-3H2;2*1H;/q2*-1;-2;;;/p-2. The predicted octanol–water partition coefficient (Wildman–Crippen LogP) is 6.87. The van der Waals surface area contributed by atoms with Crippen LogP contribution in [-0.4, -0.2) is 0 Å². The Morgan fingerprint density at radius 1 is 0.543 bits per heavy atom. The van der Waals surface area contributed by atoms with Crippen molar-refractivity contribution in [1.82, 2.24) is 0 Å². The van der Waals surface area contributed by atoms with E-state index in [1.54, 1.807) is 0 Å². The first kappa shape index (κ1) is 41.6. The van der Waals surface area contributed by atoms with Gasteiger partial charge < -0.3 is 45.1 Å². The second-order valence-electron chi connectivity index (χ2n) is 12.0. The molecule has 6 rings (SSSR count). The van der Waals surface area contributed by atoms with Gasteiger partial charge in [0.15, 0.2) is 0 Å². The van der Waals surface area contributed by atoms with Crippen molar-refractivity contribution in [3.05, 3.63) is 145 Å². The van der Waals surface area contributed by atoms with E-state index in [0.29, 0.717) is 11.8 Å². The molecule has 0 spiro atoms. The predicted molar refractivity (Wildman–Crippen MR) is 192 cm³/mol. The first-order valence-electron chi connectivity index (χ1n) is 15.9. The Labute approximate surface area is 310 Å². The van der Waals surface area contributed by atoms with Gasteiger partial charge in [0.25, 0.3) is 0 Å². The summed E-state index contributed by atoms with van der Waals surface area (Å²) >= 11 is 0. The molecule has 0 bridgehead atoms. The fourth-order valence-electron chi connectivity index (χ4n) is 5.60. The third-order valence-electron chi connectivity index (χ3n) is 8.21. The Morgan fingerprint density at radius 2 is 0.870 bits per heavy atom. The van der Waals surface area contributed by atoms with E-state index >= 15 is 0 Å². The molecule has 0 unspecified atom stereocenters. The van der Waals surface area contributed by atoms with Crippen molar-refractivity contribution in [1.29, 1.82) is 0 Å². The van der Waals surface area contributed by atoms with Gasteiger partial charge in [-0.2, -0.15) is 12.1 Å². The van der Waals surface area contributed by atoms with Crippen LogP contribution in [0.5, 0.6) is 0 Å². The van der Waals surface area contributed by atoms with Crippen LogP contribution in [0, 0.1) is 13.8 Å². The van der Waals surface area contributed by atoms with Crippen molar-refractivity contribution in [2.75, 3.05) is 0 Å². The van der Waals surface area contributed by atoms with E-state index in [0.717, 1.165) is 19.3 Å². The summed E-state index contributed by atoms with van der Waals surface area (Å²) < 4.78 is 0. The maximum atomic E-state index is 3.38. The summed E-state index contributed by atoms with van der Waals surface area (Å²) in [5, 5.41) is 5.46. The van der Waals surface area contributed by atoms with Gasteiger partial charge in [0.2, 0.25) is 0 Å². The van der Waals surface area contributed by atoms with E-state index in [1.165, 1.54) is 66.1 Å². The number of hydrogen-bond acceptors (Lipinski definition) is 0. The van der Waals surface area contributed by atoms with E-state index < -0.39 is 0 Å². The topological polar surface area (TPSA) is 0 Å². The van der Waals surface area contributed by atoms with Crippen LogP contribution in [0.3, 0.4) is 0 Å². The number of halogens is 2. The molecule has 6 aromatic carbocycles. The molecular weight excluding hydrogens is 766 g/mol. The van der Waals surface area contributed by atoms with Gasteiger partial charge in [-0.1, -0.05) is 113 Å². The van der Waals surface area contributed by atoms with Crippen LogP contribution >= 0.6 is 0 Å². The van der Waals surface area contributed by atoms with Gasteiger partial charge in [0, 0.05) is 25.8 Å². The van der Waals surface area contributed by atoms with Crippen LogP contribution in [0.25, 0.3) is 43.8 Å². The van der Waals surface area contributed by atoms with Crippen molar-refractivity contribution in [3.8, 4) is 22.3 Å². The van der Waals surface area contributed by atoms with Crippen LogP contribution < -0.4 is 24.8 Å². The second kappa shape index (κ2) is 20.0. The molecular formula is C43H48Cl2Hf-6. The molecule has 0 heterocycles. The Balaban J connectivity index is 0.000000400. The molecule has 0 atom stereocenters.